The quantitative estimate of drug-likeness (QED) is 0.326. The standard InChI is InChI=1S/C22H15BrN2/c1-14-17-9-2-4-11-19(17)25-20-12-5-3-10-18(20)24-21(22(14)25)15-7-6-8-16(23)13-15/h2-13H,1H3. The van der Waals surface area contributed by atoms with Crippen LogP contribution in [0, 0.1) is 6.92 Å². The molecular weight excluding hydrogens is 372 g/mol. The van der Waals surface area contributed by atoms with Gasteiger partial charge < -0.3 is 4.40 Å². The number of nitrogens with zero attached hydrogens (tertiary/aromatic N) is 2. The van der Waals surface area contributed by atoms with Gasteiger partial charge in [-0.3, -0.25) is 0 Å². The summed E-state index contributed by atoms with van der Waals surface area (Å²) in [5.41, 5.74) is 7.96. The van der Waals surface area contributed by atoms with Crippen molar-refractivity contribution in [2.24, 2.45) is 0 Å². The largest absolute Gasteiger partial charge is 0.305 e. The molecule has 0 saturated carbocycles. The zero-order valence-corrected chi connectivity index (χ0v) is 15.3. The summed E-state index contributed by atoms with van der Waals surface area (Å²) in [6.45, 7) is 2.19. The summed E-state index contributed by atoms with van der Waals surface area (Å²) in [6, 6.07) is 25.3. The van der Waals surface area contributed by atoms with Gasteiger partial charge in [0.05, 0.1) is 27.8 Å². The van der Waals surface area contributed by atoms with Crippen molar-refractivity contribution in [3.63, 3.8) is 0 Å². The Balaban J connectivity index is 2.07. The van der Waals surface area contributed by atoms with Crippen LogP contribution in [-0.4, -0.2) is 9.38 Å². The third-order valence-corrected chi connectivity index (χ3v) is 5.30. The first-order valence-corrected chi connectivity index (χ1v) is 9.08. The van der Waals surface area contributed by atoms with E-state index in [1.54, 1.807) is 0 Å². The molecule has 2 nitrogen and oxygen atoms in total. The van der Waals surface area contributed by atoms with Crippen molar-refractivity contribution in [3.8, 4) is 11.3 Å². The van der Waals surface area contributed by atoms with Gasteiger partial charge in [0.15, 0.2) is 0 Å². The van der Waals surface area contributed by atoms with Crippen LogP contribution in [0.2, 0.25) is 0 Å². The summed E-state index contributed by atoms with van der Waals surface area (Å²) in [5, 5.41) is 1.27. The molecule has 0 amide bonds. The minimum atomic E-state index is 1.01. The van der Waals surface area contributed by atoms with Crippen LogP contribution in [0.1, 0.15) is 5.56 Å². The van der Waals surface area contributed by atoms with Crippen LogP contribution < -0.4 is 0 Å². The molecule has 0 unspecified atom stereocenters. The molecule has 2 aromatic heterocycles. The van der Waals surface area contributed by atoms with Crippen LogP contribution in [0.4, 0.5) is 0 Å². The van der Waals surface area contributed by atoms with Crippen LogP contribution in [0.25, 0.3) is 38.7 Å². The number of fused-ring (bicyclic) bond motifs is 5. The van der Waals surface area contributed by atoms with E-state index < -0.39 is 0 Å². The van der Waals surface area contributed by atoms with Gasteiger partial charge in [-0.1, -0.05) is 58.4 Å². The summed E-state index contributed by atoms with van der Waals surface area (Å²) in [5.74, 6) is 0. The minimum Gasteiger partial charge on any atom is -0.305 e. The molecule has 5 aromatic rings. The first-order valence-electron chi connectivity index (χ1n) is 8.28. The Bertz CT molecular complexity index is 1270. The lowest BCUT2D eigenvalue weighted by molar-refractivity contribution is 1.26. The second-order valence-corrected chi connectivity index (χ2v) is 7.20. The molecule has 0 radical (unpaired) electrons. The maximum atomic E-state index is 5.03. The lowest BCUT2D eigenvalue weighted by atomic mass is 10.1. The zero-order valence-electron chi connectivity index (χ0n) is 13.7. The van der Waals surface area contributed by atoms with Crippen molar-refractivity contribution in [1.29, 1.82) is 0 Å². The van der Waals surface area contributed by atoms with Crippen molar-refractivity contribution in [2.45, 2.75) is 6.92 Å². The van der Waals surface area contributed by atoms with Crippen LogP contribution in [0.3, 0.4) is 0 Å². The summed E-state index contributed by atoms with van der Waals surface area (Å²) in [4.78, 5) is 5.03. The van der Waals surface area contributed by atoms with E-state index >= 15 is 0 Å². The maximum Gasteiger partial charge on any atom is 0.0953 e. The van der Waals surface area contributed by atoms with Crippen LogP contribution >= 0.6 is 15.9 Å². The summed E-state index contributed by atoms with van der Waals surface area (Å²) in [6.07, 6.45) is 0. The van der Waals surface area contributed by atoms with E-state index in [0.29, 0.717) is 0 Å². The van der Waals surface area contributed by atoms with Gasteiger partial charge in [0.25, 0.3) is 0 Å². The second-order valence-electron chi connectivity index (χ2n) is 6.29. The normalized spacial score (nSPS) is 11.6. The van der Waals surface area contributed by atoms with Crippen molar-refractivity contribution in [2.75, 3.05) is 0 Å². The van der Waals surface area contributed by atoms with Crippen LogP contribution in [-0.2, 0) is 0 Å². The van der Waals surface area contributed by atoms with Crippen LogP contribution in [0.5, 0.6) is 0 Å². The highest BCUT2D eigenvalue weighted by molar-refractivity contribution is 9.10. The highest BCUT2D eigenvalue weighted by atomic mass is 79.9. The summed E-state index contributed by atoms with van der Waals surface area (Å²) >= 11 is 3.59. The number of aromatic nitrogens is 2. The lowest BCUT2D eigenvalue weighted by Gasteiger charge is -2.10. The number of hydrogen-bond donors (Lipinski definition) is 0. The molecule has 120 valence electrons. The summed E-state index contributed by atoms with van der Waals surface area (Å²) < 4.78 is 3.41. The molecule has 5 rings (SSSR count). The molecule has 0 spiro atoms. The van der Waals surface area contributed by atoms with Gasteiger partial charge in [0, 0.05) is 15.4 Å². The van der Waals surface area contributed by atoms with Gasteiger partial charge in [0.1, 0.15) is 0 Å². The molecule has 0 bridgehead atoms. The Kier molecular flexibility index (Phi) is 3.19. The number of para-hydroxylation sites is 3. The highest BCUT2D eigenvalue weighted by Gasteiger charge is 2.17. The van der Waals surface area contributed by atoms with E-state index in [0.717, 1.165) is 26.8 Å². The monoisotopic (exact) mass is 386 g/mol. The van der Waals surface area contributed by atoms with Crippen molar-refractivity contribution < 1.29 is 0 Å². The molecule has 0 aliphatic heterocycles. The first-order chi connectivity index (χ1) is 12.2. The Hall–Kier alpha value is -2.65. The van der Waals surface area contributed by atoms with E-state index in [4.69, 9.17) is 4.98 Å². The van der Waals surface area contributed by atoms with Gasteiger partial charge in [-0.05, 0) is 42.8 Å². The van der Waals surface area contributed by atoms with Gasteiger partial charge in [-0.2, -0.15) is 0 Å². The fourth-order valence-electron chi connectivity index (χ4n) is 3.69. The third kappa shape index (κ3) is 2.12. The predicted octanol–water partition coefficient (Wildman–Crippen LogP) is 6.38. The smallest absolute Gasteiger partial charge is 0.0953 e. The van der Waals surface area contributed by atoms with Gasteiger partial charge in [-0.15, -0.1) is 0 Å². The fraction of sp³-hybridized carbons (Fsp3) is 0.0455. The Morgan fingerprint density at radius 1 is 0.840 bits per heavy atom. The molecule has 0 saturated heterocycles. The molecule has 0 atom stereocenters. The predicted molar refractivity (Wildman–Crippen MR) is 108 cm³/mol. The van der Waals surface area contributed by atoms with Crippen molar-refractivity contribution in [3.05, 3.63) is 82.8 Å². The number of halogens is 1. The van der Waals surface area contributed by atoms with Crippen LogP contribution in [0.15, 0.2) is 77.3 Å². The van der Waals surface area contributed by atoms with Gasteiger partial charge in [0.2, 0.25) is 0 Å². The highest BCUT2D eigenvalue weighted by Crippen LogP contribution is 2.35. The first kappa shape index (κ1) is 14.7. The third-order valence-electron chi connectivity index (χ3n) is 4.81. The topological polar surface area (TPSA) is 17.3 Å². The number of hydrogen-bond acceptors (Lipinski definition) is 1. The van der Waals surface area contributed by atoms with E-state index in [9.17, 15) is 0 Å². The Morgan fingerprint density at radius 2 is 1.60 bits per heavy atom. The maximum absolute atomic E-state index is 5.03. The Labute approximate surface area is 153 Å². The zero-order chi connectivity index (χ0) is 17.0. The fourth-order valence-corrected chi connectivity index (χ4v) is 4.09. The number of aryl methyl sites for hydroxylation is 1. The molecule has 3 heteroatoms. The van der Waals surface area contributed by atoms with E-state index in [1.807, 2.05) is 12.1 Å². The molecule has 0 aliphatic rings. The Morgan fingerprint density at radius 3 is 2.44 bits per heavy atom. The average molecular weight is 387 g/mol. The van der Waals surface area contributed by atoms with Gasteiger partial charge >= 0.3 is 0 Å². The van der Waals surface area contributed by atoms with Crippen molar-refractivity contribution in [1.82, 2.24) is 9.38 Å². The number of benzene rings is 3. The minimum absolute atomic E-state index is 1.01. The van der Waals surface area contributed by atoms with Gasteiger partial charge in [-0.25, -0.2) is 4.98 Å². The van der Waals surface area contributed by atoms with Crippen molar-refractivity contribution >= 4 is 43.4 Å². The SMILES string of the molecule is Cc1c2ccccc2n2c1c(-c1cccc(Br)c1)nc1ccccc12. The van der Waals surface area contributed by atoms with E-state index in [1.165, 1.54) is 22.0 Å². The lowest BCUT2D eigenvalue weighted by Crippen LogP contribution is -1.96. The van der Waals surface area contributed by atoms with E-state index in [-0.39, 0.29) is 0 Å². The molecule has 25 heavy (non-hydrogen) atoms. The molecular formula is C22H15BrN2. The number of rotatable bonds is 1. The molecule has 0 aliphatic carbocycles. The molecule has 2 heterocycles. The summed E-state index contributed by atoms with van der Waals surface area (Å²) in [7, 11) is 0. The molecule has 0 N–H and O–H groups in total. The molecule has 0 fully saturated rings. The van der Waals surface area contributed by atoms with E-state index in [2.05, 4.69) is 87.9 Å². The second kappa shape index (κ2) is 5.43. The molecule has 3 aromatic carbocycles. The average Bonchev–Trinajstić information content (AvgIpc) is 2.95.